The summed E-state index contributed by atoms with van der Waals surface area (Å²) in [5.41, 5.74) is 1.36. The molecular weight excluding hydrogens is 282 g/mol. The molecule has 0 spiro atoms. The van der Waals surface area contributed by atoms with Crippen LogP contribution in [0.4, 0.5) is 26.3 Å². The van der Waals surface area contributed by atoms with Crippen molar-refractivity contribution in [3.63, 3.8) is 0 Å². The second-order valence-electron chi connectivity index (χ2n) is 3.63. The highest BCUT2D eigenvalue weighted by Crippen LogP contribution is 2.42. The quantitative estimate of drug-likeness (QED) is 0.863. The Hall–Kier alpha value is -0.830. The minimum absolute atomic E-state index is 0.368. The van der Waals surface area contributed by atoms with Crippen LogP contribution in [0, 0.1) is 5.92 Å². The molecule has 0 aliphatic heterocycles. The number of likely N-dealkylation sites (N-methyl/N-ethyl adjacent to an activating group) is 1. The Morgan fingerprint density at radius 1 is 1.22 bits per heavy atom. The highest BCUT2D eigenvalue weighted by atomic mass is 32.1. The monoisotopic (exact) mass is 292 g/mol. The molecule has 0 fully saturated rings. The van der Waals surface area contributed by atoms with Crippen LogP contribution in [0.15, 0.2) is 11.7 Å². The molecule has 1 rings (SSSR count). The maximum atomic E-state index is 12.5. The van der Waals surface area contributed by atoms with E-state index in [-0.39, 0.29) is 6.42 Å². The van der Waals surface area contributed by atoms with Gasteiger partial charge in [-0.25, -0.2) is 0 Å². The van der Waals surface area contributed by atoms with Crippen molar-refractivity contribution in [3.05, 3.63) is 16.6 Å². The van der Waals surface area contributed by atoms with Crippen molar-refractivity contribution in [1.82, 2.24) is 10.3 Å². The van der Waals surface area contributed by atoms with Gasteiger partial charge in [0, 0.05) is 17.1 Å². The zero-order chi connectivity index (χ0) is 14.0. The van der Waals surface area contributed by atoms with E-state index >= 15 is 0 Å². The Morgan fingerprint density at radius 3 is 2.11 bits per heavy atom. The van der Waals surface area contributed by atoms with Gasteiger partial charge in [0.1, 0.15) is 0 Å². The number of nitrogens with one attached hydrogen (secondary N) is 1. The van der Waals surface area contributed by atoms with Crippen molar-refractivity contribution in [2.24, 2.45) is 5.92 Å². The van der Waals surface area contributed by atoms with E-state index in [1.165, 1.54) is 11.7 Å². The predicted octanol–water partition coefficient (Wildman–Crippen LogP) is 3.01. The van der Waals surface area contributed by atoms with Crippen molar-refractivity contribution in [1.29, 1.82) is 0 Å². The molecule has 0 aliphatic carbocycles. The molecule has 104 valence electrons. The first-order valence-corrected chi connectivity index (χ1v) is 5.72. The van der Waals surface area contributed by atoms with Crippen LogP contribution in [0.5, 0.6) is 0 Å². The van der Waals surface area contributed by atoms with Gasteiger partial charge in [-0.05, 0) is 13.5 Å². The molecule has 1 heterocycles. The summed E-state index contributed by atoms with van der Waals surface area (Å²) < 4.78 is 75.1. The summed E-state index contributed by atoms with van der Waals surface area (Å²) >= 11 is 1.02. The average Bonchev–Trinajstić information content (AvgIpc) is 2.64. The lowest BCUT2D eigenvalue weighted by Gasteiger charge is -2.30. The molecule has 18 heavy (non-hydrogen) atoms. The van der Waals surface area contributed by atoms with Gasteiger partial charge in [0.15, 0.2) is 5.92 Å². The van der Waals surface area contributed by atoms with Crippen molar-refractivity contribution < 1.29 is 26.3 Å². The number of halogens is 6. The Bertz CT molecular complexity index is 344. The summed E-state index contributed by atoms with van der Waals surface area (Å²) in [5, 5.41) is 2.09. The molecule has 0 saturated heterocycles. The number of hydrogen-bond acceptors (Lipinski definition) is 3. The van der Waals surface area contributed by atoms with Crippen LogP contribution < -0.4 is 5.32 Å². The molecule has 1 aromatic heterocycles. The van der Waals surface area contributed by atoms with E-state index in [9.17, 15) is 26.3 Å². The van der Waals surface area contributed by atoms with Gasteiger partial charge in [-0.3, -0.25) is 4.98 Å². The maximum Gasteiger partial charge on any atom is 0.402 e. The number of thiazole rings is 1. The number of aromatic nitrogens is 1. The standard InChI is InChI=1S/C9H10F6N2S/c1-16-6(2-5-3-17-4-18-5)7(8(10,11)12)9(13,14)15/h3-4,6-7,16H,2H2,1H3. The topological polar surface area (TPSA) is 24.9 Å². The summed E-state index contributed by atoms with van der Waals surface area (Å²) in [5.74, 6) is -3.39. The molecule has 0 amide bonds. The van der Waals surface area contributed by atoms with Crippen LogP contribution in [0.25, 0.3) is 0 Å². The molecule has 0 aromatic carbocycles. The molecule has 2 nitrogen and oxygen atoms in total. The third-order valence-corrected chi connectivity index (χ3v) is 3.18. The second kappa shape index (κ2) is 5.43. The fraction of sp³-hybridized carbons (Fsp3) is 0.667. The van der Waals surface area contributed by atoms with Crippen molar-refractivity contribution in [3.8, 4) is 0 Å². The van der Waals surface area contributed by atoms with Crippen LogP contribution in [-0.4, -0.2) is 30.4 Å². The van der Waals surface area contributed by atoms with E-state index in [0.29, 0.717) is 4.88 Å². The fourth-order valence-electron chi connectivity index (χ4n) is 1.59. The van der Waals surface area contributed by atoms with Gasteiger partial charge in [0.25, 0.3) is 0 Å². The number of hydrogen-bond donors (Lipinski definition) is 1. The molecule has 0 saturated carbocycles. The molecule has 0 aliphatic rings. The average molecular weight is 292 g/mol. The van der Waals surface area contributed by atoms with E-state index in [1.54, 1.807) is 0 Å². The van der Waals surface area contributed by atoms with Gasteiger partial charge >= 0.3 is 12.4 Å². The van der Waals surface area contributed by atoms with Gasteiger partial charge in [0.2, 0.25) is 0 Å². The SMILES string of the molecule is CNC(Cc1cncs1)C(C(F)(F)F)C(F)(F)F. The highest BCUT2D eigenvalue weighted by molar-refractivity contribution is 7.09. The van der Waals surface area contributed by atoms with Crippen LogP contribution in [0.3, 0.4) is 0 Å². The third kappa shape index (κ3) is 3.84. The second-order valence-corrected chi connectivity index (χ2v) is 4.60. The van der Waals surface area contributed by atoms with Gasteiger partial charge < -0.3 is 5.32 Å². The normalized spacial score (nSPS) is 15.1. The van der Waals surface area contributed by atoms with E-state index in [2.05, 4.69) is 10.3 Å². The minimum Gasteiger partial charge on any atom is -0.316 e. The molecule has 1 N–H and O–H groups in total. The number of alkyl halides is 6. The summed E-state index contributed by atoms with van der Waals surface area (Å²) in [6.45, 7) is 0. The first-order valence-electron chi connectivity index (χ1n) is 4.84. The maximum absolute atomic E-state index is 12.5. The molecule has 0 radical (unpaired) electrons. The lowest BCUT2D eigenvalue weighted by Crippen LogP contribution is -2.50. The molecule has 0 bridgehead atoms. The summed E-state index contributed by atoms with van der Waals surface area (Å²) in [4.78, 5) is 3.99. The van der Waals surface area contributed by atoms with Crippen molar-refractivity contribution in [2.45, 2.75) is 24.8 Å². The summed E-state index contributed by atoms with van der Waals surface area (Å²) in [6, 6.07) is -1.76. The van der Waals surface area contributed by atoms with Crippen molar-refractivity contribution in [2.75, 3.05) is 7.05 Å². The minimum atomic E-state index is -5.34. The predicted molar refractivity (Wildman–Crippen MR) is 54.3 cm³/mol. The van der Waals surface area contributed by atoms with Crippen LogP contribution in [-0.2, 0) is 6.42 Å². The molecule has 9 heteroatoms. The smallest absolute Gasteiger partial charge is 0.316 e. The molecule has 1 aromatic rings. The van der Waals surface area contributed by atoms with Crippen LogP contribution in [0.1, 0.15) is 4.88 Å². The number of rotatable bonds is 4. The largest absolute Gasteiger partial charge is 0.402 e. The van der Waals surface area contributed by atoms with E-state index in [1.807, 2.05) is 0 Å². The van der Waals surface area contributed by atoms with Gasteiger partial charge in [0.05, 0.1) is 5.51 Å². The third-order valence-electron chi connectivity index (χ3n) is 2.38. The summed E-state index contributed by atoms with van der Waals surface area (Å²) in [6.07, 6.45) is -9.78. The zero-order valence-corrected chi connectivity index (χ0v) is 9.96. The first-order chi connectivity index (χ1) is 8.16. The Labute approximate surface area is 103 Å². The Morgan fingerprint density at radius 2 is 1.78 bits per heavy atom. The lowest BCUT2D eigenvalue weighted by atomic mass is 9.95. The zero-order valence-electron chi connectivity index (χ0n) is 9.14. The number of nitrogens with zero attached hydrogens (tertiary/aromatic N) is 1. The Kier molecular flexibility index (Phi) is 4.60. The van der Waals surface area contributed by atoms with E-state index in [0.717, 1.165) is 18.4 Å². The molecular formula is C9H10F6N2S. The highest BCUT2D eigenvalue weighted by Gasteiger charge is 2.59. The van der Waals surface area contributed by atoms with Crippen LogP contribution in [0.2, 0.25) is 0 Å². The molecule has 1 atom stereocenters. The van der Waals surface area contributed by atoms with Gasteiger partial charge in [-0.1, -0.05) is 0 Å². The Balaban J connectivity index is 2.95. The van der Waals surface area contributed by atoms with Gasteiger partial charge in [-0.2, -0.15) is 26.3 Å². The molecule has 1 unspecified atom stereocenters. The fourth-order valence-corrected chi connectivity index (χ4v) is 2.24. The van der Waals surface area contributed by atoms with Gasteiger partial charge in [-0.15, -0.1) is 11.3 Å². The first kappa shape index (κ1) is 15.2. The van der Waals surface area contributed by atoms with E-state index < -0.39 is 24.3 Å². The van der Waals surface area contributed by atoms with Crippen LogP contribution >= 0.6 is 11.3 Å². The van der Waals surface area contributed by atoms with E-state index in [4.69, 9.17) is 0 Å². The lowest BCUT2D eigenvalue weighted by molar-refractivity contribution is -0.291. The summed E-state index contributed by atoms with van der Waals surface area (Å²) in [7, 11) is 1.08. The van der Waals surface area contributed by atoms with Crippen molar-refractivity contribution >= 4 is 11.3 Å².